The lowest BCUT2D eigenvalue weighted by Crippen LogP contribution is -2.34. The molecule has 2 unspecified atom stereocenters. The van der Waals surface area contributed by atoms with Gasteiger partial charge in [0.25, 0.3) is 0 Å². The molecule has 0 spiro atoms. The average Bonchev–Trinajstić information content (AvgIpc) is 3.16. The van der Waals surface area contributed by atoms with Gasteiger partial charge in [-0.1, -0.05) is 137 Å². The molecule has 6 nitrogen and oxygen atoms in total. The minimum Gasteiger partial charge on any atom is -0.332 e. The molecule has 1 heterocycles. The van der Waals surface area contributed by atoms with Gasteiger partial charge in [-0.2, -0.15) is 0 Å². The van der Waals surface area contributed by atoms with Gasteiger partial charge in [0.15, 0.2) is 0 Å². The van der Waals surface area contributed by atoms with E-state index in [0.717, 1.165) is 28.2 Å². The van der Waals surface area contributed by atoms with E-state index in [1.807, 2.05) is 57.2 Å². The van der Waals surface area contributed by atoms with Crippen LogP contribution in [0.4, 0.5) is 5.69 Å². The van der Waals surface area contributed by atoms with Crippen molar-refractivity contribution in [1.29, 1.82) is 0 Å². The normalized spacial score (nSPS) is 13.6. The first-order valence-corrected chi connectivity index (χ1v) is 20.3. The minimum absolute atomic E-state index is 0.448. The lowest BCUT2D eigenvalue weighted by atomic mass is 9.88. The number of halogens is 2. The molecule has 5 rings (SSSR count). The molecule has 1 amide bonds. The Labute approximate surface area is 323 Å². The van der Waals surface area contributed by atoms with E-state index in [1.165, 1.54) is 54.4 Å². The quantitative estimate of drug-likeness (QED) is 0.109. The van der Waals surface area contributed by atoms with Gasteiger partial charge in [0.1, 0.15) is 5.84 Å². The molecular formula is C43H52Cl2N4O2S. The highest BCUT2D eigenvalue weighted by atomic mass is 35.5. The Morgan fingerprint density at radius 2 is 1.52 bits per heavy atom. The van der Waals surface area contributed by atoms with Crippen LogP contribution >= 0.6 is 23.2 Å². The van der Waals surface area contributed by atoms with Crippen molar-refractivity contribution in [1.82, 2.24) is 9.62 Å². The summed E-state index contributed by atoms with van der Waals surface area (Å²) in [6, 6.07) is 31.4. The lowest BCUT2D eigenvalue weighted by molar-refractivity contribution is -0.108. The summed E-state index contributed by atoms with van der Waals surface area (Å²) in [5, 5.41) is 1.18. The number of benzene rings is 4. The topological polar surface area (TPSA) is 65.0 Å². The summed E-state index contributed by atoms with van der Waals surface area (Å²) in [5.74, 6) is 1.60. The summed E-state index contributed by atoms with van der Waals surface area (Å²) in [6.07, 6.45) is 9.47. The predicted molar refractivity (Wildman–Crippen MR) is 223 cm³/mol. The maximum Gasteiger partial charge on any atom is 0.225 e. The van der Waals surface area contributed by atoms with Crippen LogP contribution < -0.4 is 9.03 Å². The zero-order valence-corrected chi connectivity index (χ0v) is 33.4. The van der Waals surface area contributed by atoms with Crippen LogP contribution in [0, 0.1) is 0 Å². The Morgan fingerprint density at radius 3 is 2.12 bits per heavy atom. The van der Waals surface area contributed by atoms with Crippen LogP contribution in [0.1, 0.15) is 94.9 Å². The summed E-state index contributed by atoms with van der Waals surface area (Å²) in [5.41, 5.74) is 8.79. The molecule has 0 aliphatic carbocycles. The molecule has 2 atom stereocenters. The first-order valence-electron chi connectivity index (χ1n) is 18.5. The van der Waals surface area contributed by atoms with Gasteiger partial charge in [0, 0.05) is 35.8 Å². The predicted octanol–water partition coefficient (Wildman–Crippen LogP) is 11.4. The Kier molecular flexibility index (Phi) is 16.5. The Bertz CT molecular complexity index is 1810. The highest BCUT2D eigenvalue weighted by molar-refractivity contribution is 7.85. The number of anilines is 1. The second kappa shape index (κ2) is 21.0. The molecule has 0 saturated heterocycles. The zero-order chi connectivity index (χ0) is 37.5. The second-order valence-electron chi connectivity index (χ2n) is 12.6. The number of rotatable bonds is 17. The van der Waals surface area contributed by atoms with Crippen LogP contribution in [0.25, 0.3) is 16.7 Å². The van der Waals surface area contributed by atoms with Crippen LogP contribution in [0.5, 0.6) is 0 Å². The molecule has 1 N–H and O–H groups in total. The second-order valence-corrected chi connectivity index (χ2v) is 14.6. The number of nitrogens with zero attached hydrogens (tertiary/aromatic N) is 3. The van der Waals surface area contributed by atoms with Gasteiger partial charge < -0.3 is 4.90 Å². The highest BCUT2D eigenvalue weighted by Gasteiger charge is 2.20. The summed E-state index contributed by atoms with van der Waals surface area (Å²) in [4.78, 5) is 18.1. The van der Waals surface area contributed by atoms with Crippen molar-refractivity contribution in [3.05, 3.63) is 129 Å². The number of nitrogens with one attached hydrogen (secondary N) is 1. The molecule has 0 bridgehead atoms. The van der Waals surface area contributed by atoms with Crippen molar-refractivity contribution in [3.8, 4) is 11.1 Å². The average molecular weight is 760 g/mol. The maximum atomic E-state index is 12.4. The van der Waals surface area contributed by atoms with Crippen molar-refractivity contribution in [2.45, 2.75) is 85.6 Å². The number of aliphatic imine (C=N–C) groups is 1. The fraction of sp³-hybridized carbons (Fsp3) is 0.349. The zero-order valence-electron chi connectivity index (χ0n) is 31.1. The fourth-order valence-corrected chi connectivity index (χ4v) is 7.74. The molecule has 1 aliphatic rings. The van der Waals surface area contributed by atoms with Gasteiger partial charge in [0.05, 0.1) is 12.2 Å². The van der Waals surface area contributed by atoms with E-state index in [9.17, 15) is 9.00 Å². The molecule has 0 fully saturated rings. The van der Waals surface area contributed by atoms with Crippen molar-refractivity contribution in [2.24, 2.45) is 4.99 Å². The number of amides is 1. The van der Waals surface area contributed by atoms with Crippen LogP contribution in [0.15, 0.2) is 102 Å². The van der Waals surface area contributed by atoms with Crippen molar-refractivity contribution in [3.63, 3.8) is 0 Å². The van der Waals surface area contributed by atoms with E-state index in [-0.39, 0.29) is 0 Å². The Balaban J connectivity index is 0.00000297. The molecule has 9 heteroatoms. The van der Waals surface area contributed by atoms with Crippen LogP contribution in [-0.2, 0) is 28.9 Å². The van der Waals surface area contributed by atoms with Gasteiger partial charge in [-0.05, 0) is 88.9 Å². The van der Waals surface area contributed by atoms with Gasteiger partial charge in [-0.25, -0.2) is 4.21 Å². The molecule has 0 radical (unpaired) electrons. The number of hydrogen-bond acceptors (Lipinski definition) is 4. The monoisotopic (exact) mass is 758 g/mol. The molecule has 0 aromatic heterocycles. The molecule has 4 aromatic rings. The van der Waals surface area contributed by atoms with Gasteiger partial charge in [-0.3, -0.25) is 18.8 Å². The molecule has 52 heavy (non-hydrogen) atoms. The van der Waals surface area contributed by atoms with Gasteiger partial charge in [-0.15, -0.1) is 0 Å². The Morgan fingerprint density at radius 1 is 0.865 bits per heavy atom. The fourth-order valence-electron chi connectivity index (χ4n) is 6.46. The maximum absolute atomic E-state index is 12.4. The number of carbonyl (C=O) groups is 1. The third kappa shape index (κ3) is 11.0. The number of amidine groups is 1. The molecule has 276 valence electrons. The highest BCUT2D eigenvalue weighted by Crippen LogP contribution is 2.32. The number of carbonyl (C=O) groups excluding carboxylic acids is 1. The summed E-state index contributed by atoms with van der Waals surface area (Å²) in [6.45, 7) is 12.0. The Hall–Kier alpha value is -3.91. The smallest absolute Gasteiger partial charge is 0.225 e. The summed E-state index contributed by atoms with van der Waals surface area (Å²) >= 11 is 11.2. The molecule has 0 saturated carbocycles. The third-order valence-electron chi connectivity index (χ3n) is 9.14. The number of hydrogen-bond donors (Lipinski definition) is 1. The summed E-state index contributed by atoms with van der Waals surface area (Å²) in [7, 11) is 0. The third-order valence-corrected chi connectivity index (χ3v) is 10.9. The van der Waals surface area contributed by atoms with E-state index in [2.05, 4.69) is 78.2 Å². The van der Waals surface area contributed by atoms with Crippen LogP contribution in [0.2, 0.25) is 10.0 Å². The van der Waals surface area contributed by atoms with E-state index < -0.39 is 11.2 Å². The molecule has 4 aromatic carbocycles. The van der Waals surface area contributed by atoms with Gasteiger partial charge in [0.2, 0.25) is 17.6 Å². The SMILES string of the molecule is CC.CCCCC(CCC)c1ccc(-c2ccc(CC3=NCC(c4ccc(Cl)cc4Cl)=CN3Cc3ccc(N(CC)S(=O)NC=O)cc3)cc2)cc1. The summed E-state index contributed by atoms with van der Waals surface area (Å²) < 4.78 is 16.4. The minimum atomic E-state index is -1.65. The van der Waals surface area contributed by atoms with Gasteiger partial charge >= 0.3 is 0 Å². The van der Waals surface area contributed by atoms with E-state index in [4.69, 9.17) is 28.2 Å². The van der Waals surface area contributed by atoms with Crippen LogP contribution in [0.3, 0.4) is 0 Å². The van der Waals surface area contributed by atoms with E-state index in [0.29, 0.717) is 48.4 Å². The van der Waals surface area contributed by atoms with Crippen molar-refractivity contribution >= 4 is 57.9 Å². The first-order chi connectivity index (χ1) is 25.3. The largest absolute Gasteiger partial charge is 0.332 e. The molecular weight excluding hydrogens is 707 g/mol. The molecule has 1 aliphatic heterocycles. The van der Waals surface area contributed by atoms with E-state index >= 15 is 0 Å². The van der Waals surface area contributed by atoms with Crippen molar-refractivity contribution < 1.29 is 9.00 Å². The van der Waals surface area contributed by atoms with Crippen molar-refractivity contribution in [2.75, 3.05) is 17.4 Å². The lowest BCUT2D eigenvalue weighted by Gasteiger charge is -2.29. The standard InChI is InChI=1S/C41H46Cl2N4O2S.C2H6/c1-4-7-9-32(8-5-2)34-16-18-35(19-17-34)33-14-10-30(11-15-33)24-41-44-26-36(39-23-20-37(42)25-40(39)43)28-46(41)27-31-12-21-38(22-13-31)47(6-3)50(49)45-29-48;1-2/h10-23,25,28-29,32H,4-9,24,26-27H2,1-3H3,(H,45,48);1-2H3. The number of unbranched alkanes of at least 4 members (excludes halogenated alkanes) is 1. The van der Waals surface area contributed by atoms with Crippen LogP contribution in [-0.4, -0.2) is 34.4 Å². The van der Waals surface area contributed by atoms with E-state index in [1.54, 1.807) is 10.4 Å². The first kappa shape index (κ1) is 40.9.